The Labute approximate surface area is 83.7 Å². The first-order chi connectivity index (χ1) is 6.25. The zero-order chi connectivity index (χ0) is 9.26. The standard InChI is InChI=1S/C11H13ClO/c1-8-6-9(8)7-13-11-4-2-10(12)3-5-11/h2-5,8-9H,6-7H2,1H3. The molecule has 0 saturated heterocycles. The molecule has 1 aromatic rings. The van der Waals surface area contributed by atoms with Crippen molar-refractivity contribution in [2.75, 3.05) is 6.61 Å². The van der Waals surface area contributed by atoms with E-state index in [2.05, 4.69) is 6.92 Å². The first-order valence-electron chi connectivity index (χ1n) is 4.64. The molecule has 1 aromatic carbocycles. The highest BCUT2D eigenvalue weighted by Gasteiger charge is 2.32. The van der Waals surface area contributed by atoms with Gasteiger partial charge in [-0.25, -0.2) is 0 Å². The van der Waals surface area contributed by atoms with Crippen LogP contribution in [-0.4, -0.2) is 6.61 Å². The molecule has 0 amide bonds. The number of hydrogen-bond donors (Lipinski definition) is 0. The third-order valence-corrected chi connectivity index (χ3v) is 2.81. The molecule has 0 heterocycles. The predicted molar refractivity (Wildman–Crippen MR) is 54.2 cm³/mol. The van der Waals surface area contributed by atoms with Crippen LogP contribution in [0.15, 0.2) is 24.3 Å². The van der Waals surface area contributed by atoms with E-state index >= 15 is 0 Å². The Morgan fingerprint density at radius 3 is 2.54 bits per heavy atom. The quantitative estimate of drug-likeness (QED) is 0.720. The van der Waals surface area contributed by atoms with Gasteiger partial charge in [0, 0.05) is 5.02 Å². The lowest BCUT2D eigenvalue weighted by Gasteiger charge is -2.04. The third kappa shape index (κ3) is 2.38. The Bertz CT molecular complexity index is 281. The van der Waals surface area contributed by atoms with Gasteiger partial charge >= 0.3 is 0 Å². The molecule has 0 spiro atoms. The second kappa shape index (κ2) is 3.59. The maximum atomic E-state index is 5.75. The van der Waals surface area contributed by atoms with Crippen molar-refractivity contribution in [3.63, 3.8) is 0 Å². The Morgan fingerprint density at radius 2 is 2.00 bits per heavy atom. The van der Waals surface area contributed by atoms with Crippen molar-refractivity contribution in [3.8, 4) is 5.75 Å². The Kier molecular flexibility index (Phi) is 2.45. The zero-order valence-electron chi connectivity index (χ0n) is 7.66. The summed E-state index contributed by atoms with van der Waals surface area (Å²) in [7, 11) is 0. The molecule has 0 bridgehead atoms. The van der Waals surface area contributed by atoms with Crippen molar-refractivity contribution < 1.29 is 4.74 Å². The molecule has 1 nitrogen and oxygen atoms in total. The summed E-state index contributed by atoms with van der Waals surface area (Å²) < 4.78 is 5.60. The lowest BCUT2D eigenvalue weighted by Crippen LogP contribution is -1.99. The lowest BCUT2D eigenvalue weighted by molar-refractivity contribution is 0.293. The molecule has 0 radical (unpaired) electrons. The number of halogens is 1. The van der Waals surface area contributed by atoms with Crippen molar-refractivity contribution in [2.45, 2.75) is 13.3 Å². The molecule has 2 atom stereocenters. The highest BCUT2D eigenvalue weighted by Crippen LogP contribution is 2.37. The minimum Gasteiger partial charge on any atom is -0.493 e. The maximum absolute atomic E-state index is 5.75. The van der Waals surface area contributed by atoms with Crippen LogP contribution in [0.5, 0.6) is 5.75 Å². The normalized spacial score (nSPS) is 25.7. The summed E-state index contributed by atoms with van der Waals surface area (Å²) in [5, 5.41) is 0.757. The molecule has 13 heavy (non-hydrogen) atoms. The second-order valence-corrected chi connectivity index (χ2v) is 4.17. The minimum atomic E-state index is 0.757. The molecule has 2 unspecified atom stereocenters. The van der Waals surface area contributed by atoms with Crippen molar-refractivity contribution >= 4 is 11.6 Å². The van der Waals surface area contributed by atoms with Gasteiger partial charge in [0.15, 0.2) is 0 Å². The zero-order valence-corrected chi connectivity index (χ0v) is 8.42. The van der Waals surface area contributed by atoms with Crippen LogP contribution in [0.2, 0.25) is 5.02 Å². The molecule has 70 valence electrons. The highest BCUT2D eigenvalue weighted by atomic mass is 35.5. The van der Waals surface area contributed by atoms with E-state index in [1.54, 1.807) is 0 Å². The van der Waals surface area contributed by atoms with Crippen LogP contribution in [-0.2, 0) is 0 Å². The number of ether oxygens (including phenoxy) is 1. The molecule has 0 N–H and O–H groups in total. The average Bonchev–Trinajstić information content (AvgIpc) is 2.81. The van der Waals surface area contributed by atoms with Gasteiger partial charge < -0.3 is 4.74 Å². The summed E-state index contributed by atoms with van der Waals surface area (Å²) in [6.07, 6.45) is 1.31. The van der Waals surface area contributed by atoms with Gasteiger partial charge in [0.2, 0.25) is 0 Å². The van der Waals surface area contributed by atoms with Crippen LogP contribution in [0.25, 0.3) is 0 Å². The van der Waals surface area contributed by atoms with Crippen molar-refractivity contribution in [1.82, 2.24) is 0 Å². The largest absolute Gasteiger partial charge is 0.493 e. The second-order valence-electron chi connectivity index (χ2n) is 3.74. The summed E-state index contributed by atoms with van der Waals surface area (Å²) in [6, 6.07) is 7.53. The fourth-order valence-electron chi connectivity index (χ4n) is 1.37. The predicted octanol–water partition coefficient (Wildman–Crippen LogP) is 3.37. The lowest BCUT2D eigenvalue weighted by atomic mass is 10.3. The topological polar surface area (TPSA) is 9.23 Å². The fraction of sp³-hybridized carbons (Fsp3) is 0.455. The van der Waals surface area contributed by atoms with E-state index in [1.165, 1.54) is 6.42 Å². The van der Waals surface area contributed by atoms with Gasteiger partial charge in [-0.3, -0.25) is 0 Å². The number of rotatable bonds is 3. The number of benzene rings is 1. The SMILES string of the molecule is CC1CC1COc1ccc(Cl)cc1. The summed E-state index contributed by atoms with van der Waals surface area (Å²) in [6.45, 7) is 3.11. The molecule has 1 aliphatic carbocycles. The van der Waals surface area contributed by atoms with Crippen LogP contribution >= 0.6 is 11.6 Å². The van der Waals surface area contributed by atoms with E-state index in [9.17, 15) is 0 Å². The van der Waals surface area contributed by atoms with Crippen LogP contribution in [0.4, 0.5) is 0 Å². The Morgan fingerprint density at radius 1 is 1.38 bits per heavy atom. The smallest absolute Gasteiger partial charge is 0.119 e. The van der Waals surface area contributed by atoms with Crippen LogP contribution in [0.3, 0.4) is 0 Å². The van der Waals surface area contributed by atoms with Gasteiger partial charge in [-0.2, -0.15) is 0 Å². The summed E-state index contributed by atoms with van der Waals surface area (Å²) >= 11 is 5.75. The van der Waals surface area contributed by atoms with Gasteiger partial charge in [-0.1, -0.05) is 18.5 Å². The van der Waals surface area contributed by atoms with E-state index < -0.39 is 0 Å². The van der Waals surface area contributed by atoms with Crippen molar-refractivity contribution in [3.05, 3.63) is 29.3 Å². The summed E-state index contributed by atoms with van der Waals surface area (Å²) in [4.78, 5) is 0. The summed E-state index contributed by atoms with van der Waals surface area (Å²) in [5.74, 6) is 2.55. The third-order valence-electron chi connectivity index (χ3n) is 2.55. The van der Waals surface area contributed by atoms with Gasteiger partial charge in [0.1, 0.15) is 5.75 Å². The molecular weight excluding hydrogens is 184 g/mol. The summed E-state index contributed by atoms with van der Waals surface area (Å²) in [5.41, 5.74) is 0. The van der Waals surface area contributed by atoms with Crippen LogP contribution in [0.1, 0.15) is 13.3 Å². The van der Waals surface area contributed by atoms with Gasteiger partial charge in [0.25, 0.3) is 0 Å². The highest BCUT2D eigenvalue weighted by molar-refractivity contribution is 6.30. The molecular formula is C11H13ClO. The Hall–Kier alpha value is -0.690. The van der Waals surface area contributed by atoms with Crippen LogP contribution in [0, 0.1) is 11.8 Å². The average molecular weight is 197 g/mol. The van der Waals surface area contributed by atoms with Crippen LogP contribution < -0.4 is 4.74 Å². The molecule has 1 aliphatic rings. The first kappa shape index (κ1) is 8.89. The molecule has 0 aliphatic heterocycles. The number of hydrogen-bond acceptors (Lipinski definition) is 1. The van der Waals surface area contributed by atoms with Gasteiger partial charge in [0.05, 0.1) is 6.61 Å². The molecule has 2 heteroatoms. The van der Waals surface area contributed by atoms with Gasteiger partial charge in [-0.05, 0) is 42.5 Å². The fourth-order valence-corrected chi connectivity index (χ4v) is 1.49. The maximum Gasteiger partial charge on any atom is 0.119 e. The minimum absolute atomic E-state index is 0.757. The molecule has 2 rings (SSSR count). The molecule has 0 aromatic heterocycles. The van der Waals surface area contributed by atoms with E-state index in [4.69, 9.17) is 16.3 Å². The molecule has 1 saturated carbocycles. The van der Waals surface area contributed by atoms with Gasteiger partial charge in [-0.15, -0.1) is 0 Å². The van der Waals surface area contributed by atoms with Crippen molar-refractivity contribution in [1.29, 1.82) is 0 Å². The van der Waals surface area contributed by atoms with E-state index in [0.29, 0.717) is 0 Å². The van der Waals surface area contributed by atoms with E-state index in [-0.39, 0.29) is 0 Å². The van der Waals surface area contributed by atoms with Crippen molar-refractivity contribution in [2.24, 2.45) is 11.8 Å². The monoisotopic (exact) mass is 196 g/mol. The van der Waals surface area contributed by atoms with E-state index in [0.717, 1.165) is 29.2 Å². The Balaban J connectivity index is 1.84. The molecule has 1 fully saturated rings. The first-order valence-corrected chi connectivity index (χ1v) is 5.02. The van der Waals surface area contributed by atoms with E-state index in [1.807, 2.05) is 24.3 Å².